The predicted octanol–water partition coefficient (Wildman–Crippen LogP) is 2.60. The maximum absolute atomic E-state index is 12.3. The number of carbonyl (C=O) groups excluding carboxylic acids is 1. The Bertz CT molecular complexity index is 959. The number of amides is 1. The fourth-order valence-electron chi connectivity index (χ4n) is 3.19. The first-order chi connectivity index (χ1) is 11.2. The third kappa shape index (κ3) is 2.42. The fraction of sp³-hybridized carbons (Fsp3) is 0.158. The highest BCUT2D eigenvalue weighted by Gasteiger charge is 2.25. The van der Waals surface area contributed by atoms with Crippen LogP contribution >= 0.6 is 0 Å². The van der Waals surface area contributed by atoms with Gasteiger partial charge in [0.1, 0.15) is 5.69 Å². The van der Waals surface area contributed by atoms with E-state index in [2.05, 4.69) is 22.4 Å². The van der Waals surface area contributed by atoms with Gasteiger partial charge in [-0.05, 0) is 35.1 Å². The SMILES string of the molecule is O=C(NCC1Cc2ccccc21)c1cc2ccccc2c(=O)[nH]1. The third-order valence-electron chi connectivity index (χ3n) is 4.47. The minimum atomic E-state index is -0.239. The zero-order chi connectivity index (χ0) is 15.8. The van der Waals surface area contributed by atoms with Gasteiger partial charge in [0.25, 0.3) is 11.5 Å². The highest BCUT2D eigenvalue weighted by Crippen LogP contribution is 2.33. The molecule has 1 unspecified atom stereocenters. The largest absolute Gasteiger partial charge is 0.350 e. The lowest BCUT2D eigenvalue weighted by molar-refractivity contribution is 0.0945. The minimum Gasteiger partial charge on any atom is -0.350 e. The number of hydrogen-bond acceptors (Lipinski definition) is 2. The van der Waals surface area contributed by atoms with E-state index in [1.54, 1.807) is 12.1 Å². The average Bonchev–Trinajstić information content (AvgIpc) is 2.55. The van der Waals surface area contributed by atoms with Gasteiger partial charge in [0.2, 0.25) is 0 Å². The Balaban J connectivity index is 1.51. The van der Waals surface area contributed by atoms with Gasteiger partial charge in [0.05, 0.1) is 0 Å². The molecule has 1 aliphatic rings. The van der Waals surface area contributed by atoms with Crippen LogP contribution in [-0.4, -0.2) is 17.4 Å². The Morgan fingerprint density at radius 1 is 1.13 bits per heavy atom. The number of carbonyl (C=O) groups is 1. The Hall–Kier alpha value is -2.88. The standard InChI is InChI=1S/C19H16N2O2/c22-18-16-8-4-2-6-13(16)10-17(21-18)19(23)20-11-14-9-12-5-1-3-7-15(12)14/h1-8,10,14H,9,11H2,(H,20,23)(H,21,22). The van der Waals surface area contributed by atoms with Gasteiger partial charge < -0.3 is 10.3 Å². The van der Waals surface area contributed by atoms with Crippen LogP contribution in [0.2, 0.25) is 0 Å². The van der Waals surface area contributed by atoms with E-state index in [1.165, 1.54) is 11.1 Å². The summed E-state index contributed by atoms with van der Waals surface area (Å²) < 4.78 is 0. The molecule has 1 atom stereocenters. The maximum atomic E-state index is 12.3. The van der Waals surface area contributed by atoms with E-state index >= 15 is 0 Å². The average molecular weight is 304 g/mol. The molecule has 4 nitrogen and oxygen atoms in total. The van der Waals surface area contributed by atoms with Crippen molar-refractivity contribution < 1.29 is 4.79 Å². The molecule has 0 saturated carbocycles. The summed E-state index contributed by atoms with van der Waals surface area (Å²) in [6, 6.07) is 17.3. The molecule has 1 heterocycles. The van der Waals surface area contributed by atoms with Crippen molar-refractivity contribution in [2.24, 2.45) is 0 Å². The number of benzene rings is 2. The topological polar surface area (TPSA) is 62.0 Å². The molecule has 1 amide bonds. The zero-order valence-electron chi connectivity index (χ0n) is 12.5. The number of H-pyrrole nitrogens is 1. The van der Waals surface area contributed by atoms with Crippen molar-refractivity contribution >= 4 is 16.7 Å². The summed E-state index contributed by atoms with van der Waals surface area (Å²) in [6.07, 6.45) is 0.991. The third-order valence-corrected chi connectivity index (χ3v) is 4.47. The molecule has 2 aromatic carbocycles. The minimum absolute atomic E-state index is 0.234. The van der Waals surface area contributed by atoms with Crippen LogP contribution in [0.5, 0.6) is 0 Å². The van der Waals surface area contributed by atoms with Crippen LogP contribution in [0.4, 0.5) is 0 Å². The maximum Gasteiger partial charge on any atom is 0.267 e. The van der Waals surface area contributed by atoms with Gasteiger partial charge in [-0.15, -0.1) is 0 Å². The molecular formula is C19H16N2O2. The Morgan fingerprint density at radius 2 is 1.91 bits per heavy atom. The van der Waals surface area contributed by atoms with Crippen molar-refractivity contribution in [3.63, 3.8) is 0 Å². The Morgan fingerprint density at radius 3 is 2.78 bits per heavy atom. The summed E-state index contributed by atoms with van der Waals surface area (Å²) in [5.41, 5.74) is 2.73. The molecule has 2 N–H and O–H groups in total. The van der Waals surface area contributed by atoms with Crippen molar-refractivity contribution in [1.82, 2.24) is 10.3 Å². The van der Waals surface area contributed by atoms with Gasteiger partial charge in [-0.3, -0.25) is 9.59 Å². The smallest absolute Gasteiger partial charge is 0.267 e. The summed E-state index contributed by atoms with van der Waals surface area (Å²) in [6.45, 7) is 0.588. The molecule has 4 heteroatoms. The second kappa shape index (κ2) is 5.39. The van der Waals surface area contributed by atoms with Crippen LogP contribution in [0.1, 0.15) is 27.5 Å². The summed E-state index contributed by atoms with van der Waals surface area (Å²) >= 11 is 0. The van der Waals surface area contributed by atoms with Crippen molar-refractivity contribution in [2.75, 3.05) is 6.54 Å². The first-order valence-corrected chi connectivity index (χ1v) is 7.70. The molecule has 23 heavy (non-hydrogen) atoms. The Labute approximate surface area is 133 Å². The predicted molar refractivity (Wildman–Crippen MR) is 89.8 cm³/mol. The number of aromatic nitrogens is 1. The molecule has 114 valence electrons. The van der Waals surface area contributed by atoms with Gasteiger partial charge in [-0.25, -0.2) is 0 Å². The van der Waals surface area contributed by atoms with E-state index in [0.717, 1.165) is 11.8 Å². The van der Waals surface area contributed by atoms with Crippen molar-refractivity contribution in [3.05, 3.63) is 81.8 Å². The summed E-state index contributed by atoms with van der Waals surface area (Å²) in [4.78, 5) is 27.0. The molecule has 1 aromatic heterocycles. The second-order valence-corrected chi connectivity index (χ2v) is 5.91. The number of fused-ring (bicyclic) bond motifs is 2. The van der Waals surface area contributed by atoms with Gasteiger partial charge in [-0.2, -0.15) is 0 Å². The lowest BCUT2D eigenvalue weighted by atomic mass is 9.77. The number of aromatic amines is 1. The molecule has 0 aliphatic heterocycles. The highest BCUT2D eigenvalue weighted by atomic mass is 16.2. The van der Waals surface area contributed by atoms with E-state index in [4.69, 9.17) is 0 Å². The normalized spacial score (nSPS) is 15.7. The molecule has 1 aliphatic carbocycles. The van der Waals surface area contributed by atoms with Crippen molar-refractivity contribution in [1.29, 1.82) is 0 Å². The van der Waals surface area contributed by atoms with Crippen molar-refractivity contribution in [2.45, 2.75) is 12.3 Å². The quantitative estimate of drug-likeness (QED) is 0.781. The van der Waals surface area contributed by atoms with Crippen LogP contribution in [0.25, 0.3) is 10.8 Å². The molecule has 0 radical (unpaired) electrons. The van der Waals surface area contributed by atoms with Gasteiger partial charge in [-0.1, -0.05) is 42.5 Å². The van der Waals surface area contributed by atoms with Gasteiger partial charge in [0, 0.05) is 17.8 Å². The number of hydrogen-bond donors (Lipinski definition) is 2. The van der Waals surface area contributed by atoms with Gasteiger partial charge in [0.15, 0.2) is 0 Å². The fourth-order valence-corrected chi connectivity index (χ4v) is 3.19. The number of nitrogens with one attached hydrogen (secondary N) is 2. The summed E-state index contributed by atoms with van der Waals surface area (Å²) in [7, 11) is 0. The van der Waals surface area contributed by atoms with Crippen LogP contribution in [0, 0.1) is 0 Å². The molecule has 0 fully saturated rings. The highest BCUT2D eigenvalue weighted by molar-refractivity contribution is 5.96. The molecule has 0 bridgehead atoms. The lowest BCUT2D eigenvalue weighted by Gasteiger charge is -2.30. The molecule has 3 aromatic rings. The molecule has 0 spiro atoms. The van der Waals surface area contributed by atoms with Crippen molar-refractivity contribution in [3.8, 4) is 0 Å². The number of pyridine rings is 1. The summed E-state index contributed by atoms with van der Waals surface area (Å²) in [5.74, 6) is 0.125. The summed E-state index contributed by atoms with van der Waals surface area (Å²) in [5, 5.41) is 4.29. The lowest BCUT2D eigenvalue weighted by Crippen LogP contribution is -2.34. The first kappa shape index (κ1) is 13.8. The van der Waals surface area contributed by atoms with E-state index in [9.17, 15) is 9.59 Å². The first-order valence-electron chi connectivity index (χ1n) is 7.70. The Kier molecular flexibility index (Phi) is 3.23. The second-order valence-electron chi connectivity index (χ2n) is 5.91. The zero-order valence-corrected chi connectivity index (χ0v) is 12.5. The van der Waals surface area contributed by atoms with E-state index in [-0.39, 0.29) is 11.5 Å². The van der Waals surface area contributed by atoms with E-state index < -0.39 is 0 Å². The van der Waals surface area contributed by atoms with Crippen LogP contribution in [-0.2, 0) is 6.42 Å². The molecular weight excluding hydrogens is 288 g/mol. The molecule has 4 rings (SSSR count). The van der Waals surface area contributed by atoms with Crippen LogP contribution in [0.15, 0.2) is 59.4 Å². The number of rotatable bonds is 3. The van der Waals surface area contributed by atoms with E-state index in [1.807, 2.05) is 30.3 Å². The monoisotopic (exact) mass is 304 g/mol. The van der Waals surface area contributed by atoms with Crippen LogP contribution < -0.4 is 10.9 Å². The van der Waals surface area contributed by atoms with Crippen LogP contribution in [0.3, 0.4) is 0 Å². The molecule has 0 saturated heterocycles. The van der Waals surface area contributed by atoms with E-state index in [0.29, 0.717) is 23.5 Å². The van der Waals surface area contributed by atoms with Gasteiger partial charge >= 0.3 is 0 Å².